The topological polar surface area (TPSA) is 41.5 Å². The molecule has 1 atom stereocenters. The molecule has 0 amide bonds. The molecular formula is C10H23NO2. The standard InChI is InChI=1S/C10H23NO2/c1-3-4-5-7-11-8-6-10(12)9-13-2/h10-12H,3-9H2,1-2H3. The molecule has 0 aliphatic carbocycles. The van der Waals surface area contributed by atoms with Crippen LogP contribution in [0.4, 0.5) is 0 Å². The zero-order valence-corrected chi connectivity index (χ0v) is 8.88. The zero-order chi connectivity index (χ0) is 9.94. The molecular weight excluding hydrogens is 166 g/mol. The average Bonchev–Trinajstić information content (AvgIpc) is 2.11. The Hall–Kier alpha value is -0.120. The van der Waals surface area contributed by atoms with Crippen LogP contribution < -0.4 is 5.32 Å². The van der Waals surface area contributed by atoms with E-state index in [0.29, 0.717) is 6.61 Å². The third-order valence-electron chi connectivity index (χ3n) is 1.97. The Bertz CT molecular complexity index is 98.9. The van der Waals surface area contributed by atoms with Crippen molar-refractivity contribution >= 4 is 0 Å². The minimum atomic E-state index is -0.316. The molecule has 0 rings (SSSR count). The monoisotopic (exact) mass is 189 g/mol. The third kappa shape index (κ3) is 9.80. The zero-order valence-electron chi connectivity index (χ0n) is 8.88. The Morgan fingerprint density at radius 1 is 1.31 bits per heavy atom. The van der Waals surface area contributed by atoms with E-state index in [1.54, 1.807) is 7.11 Å². The molecule has 0 aromatic heterocycles. The van der Waals surface area contributed by atoms with Gasteiger partial charge in [-0.05, 0) is 25.9 Å². The summed E-state index contributed by atoms with van der Waals surface area (Å²) in [4.78, 5) is 0. The number of aliphatic hydroxyl groups is 1. The van der Waals surface area contributed by atoms with Gasteiger partial charge in [0.2, 0.25) is 0 Å². The van der Waals surface area contributed by atoms with E-state index in [2.05, 4.69) is 12.2 Å². The van der Waals surface area contributed by atoms with Crippen LogP contribution in [-0.4, -0.2) is 38.0 Å². The Labute approximate surface area is 81.5 Å². The van der Waals surface area contributed by atoms with Crippen LogP contribution in [0, 0.1) is 0 Å². The van der Waals surface area contributed by atoms with Crippen molar-refractivity contribution in [2.45, 2.75) is 38.7 Å². The molecule has 80 valence electrons. The van der Waals surface area contributed by atoms with Gasteiger partial charge < -0.3 is 15.2 Å². The van der Waals surface area contributed by atoms with E-state index in [1.165, 1.54) is 19.3 Å². The number of ether oxygens (including phenoxy) is 1. The molecule has 0 saturated heterocycles. The lowest BCUT2D eigenvalue weighted by Gasteiger charge is -2.09. The van der Waals surface area contributed by atoms with E-state index in [0.717, 1.165) is 19.5 Å². The highest BCUT2D eigenvalue weighted by molar-refractivity contribution is 4.56. The van der Waals surface area contributed by atoms with E-state index < -0.39 is 0 Å². The molecule has 0 aromatic rings. The lowest BCUT2D eigenvalue weighted by molar-refractivity contribution is 0.0595. The van der Waals surface area contributed by atoms with Crippen LogP contribution in [0.1, 0.15) is 32.6 Å². The smallest absolute Gasteiger partial charge is 0.0785 e. The fourth-order valence-corrected chi connectivity index (χ4v) is 1.17. The molecule has 0 saturated carbocycles. The number of nitrogens with one attached hydrogen (secondary N) is 1. The highest BCUT2D eigenvalue weighted by Crippen LogP contribution is 1.93. The molecule has 13 heavy (non-hydrogen) atoms. The van der Waals surface area contributed by atoms with Gasteiger partial charge in [0, 0.05) is 7.11 Å². The van der Waals surface area contributed by atoms with Crippen LogP contribution >= 0.6 is 0 Å². The minimum Gasteiger partial charge on any atom is -0.391 e. The number of hydrogen-bond donors (Lipinski definition) is 2. The van der Waals surface area contributed by atoms with Gasteiger partial charge >= 0.3 is 0 Å². The molecule has 3 nitrogen and oxygen atoms in total. The predicted octanol–water partition coefficient (Wildman–Crippen LogP) is 1.16. The first-order valence-corrected chi connectivity index (χ1v) is 5.19. The molecule has 0 aromatic carbocycles. The largest absolute Gasteiger partial charge is 0.391 e. The number of methoxy groups -OCH3 is 1. The van der Waals surface area contributed by atoms with Crippen LogP contribution in [0.25, 0.3) is 0 Å². The van der Waals surface area contributed by atoms with Crippen molar-refractivity contribution in [1.29, 1.82) is 0 Å². The fraction of sp³-hybridized carbons (Fsp3) is 1.00. The molecule has 3 heteroatoms. The summed E-state index contributed by atoms with van der Waals surface area (Å²) in [5, 5.41) is 12.6. The second-order valence-corrected chi connectivity index (χ2v) is 3.35. The number of aliphatic hydroxyl groups excluding tert-OH is 1. The average molecular weight is 189 g/mol. The summed E-state index contributed by atoms with van der Waals surface area (Å²) in [6, 6.07) is 0. The Morgan fingerprint density at radius 2 is 2.08 bits per heavy atom. The van der Waals surface area contributed by atoms with Gasteiger partial charge in [0.25, 0.3) is 0 Å². The Morgan fingerprint density at radius 3 is 2.69 bits per heavy atom. The normalized spacial score (nSPS) is 13.2. The molecule has 0 heterocycles. The second kappa shape index (κ2) is 9.96. The van der Waals surface area contributed by atoms with Crippen molar-refractivity contribution in [2.75, 3.05) is 26.8 Å². The summed E-state index contributed by atoms with van der Waals surface area (Å²) in [5.41, 5.74) is 0. The van der Waals surface area contributed by atoms with Gasteiger partial charge in [0.15, 0.2) is 0 Å². The first kappa shape index (κ1) is 12.9. The van der Waals surface area contributed by atoms with Gasteiger partial charge in [-0.25, -0.2) is 0 Å². The summed E-state index contributed by atoms with van der Waals surface area (Å²) in [6.45, 7) is 4.58. The highest BCUT2D eigenvalue weighted by Gasteiger charge is 2.01. The summed E-state index contributed by atoms with van der Waals surface area (Å²) >= 11 is 0. The van der Waals surface area contributed by atoms with Gasteiger partial charge in [-0.3, -0.25) is 0 Å². The molecule has 0 bridgehead atoms. The van der Waals surface area contributed by atoms with Crippen molar-refractivity contribution in [2.24, 2.45) is 0 Å². The van der Waals surface area contributed by atoms with E-state index in [9.17, 15) is 5.11 Å². The Kier molecular flexibility index (Phi) is 9.87. The fourth-order valence-electron chi connectivity index (χ4n) is 1.17. The summed E-state index contributed by atoms with van der Waals surface area (Å²) < 4.78 is 4.82. The van der Waals surface area contributed by atoms with E-state index >= 15 is 0 Å². The van der Waals surface area contributed by atoms with Gasteiger partial charge in [-0.2, -0.15) is 0 Å². The van der Waals surface area contributed by atoms with Crippen LogP contribution in [0.15, 0.2) is 0 Å². The lowest BCUT2D eigenvalue weighted by atomic mass is 10.2. The van der Waals surface area contributed by atoms with Crippen LogP contribution in [0.2, 0.25) is 0 Å². The van der Waals surface area contributed by atoms with Crippen molar-refractivity contribution in [3.8, 4) is 0 Å². The first-order valence-electron chi connectivity index (χ1n) is 5.19. The maximum absolute atomic E-state index is 9.29. The van der Waals surface area contributed by atoms with E-state index in [1.807, 2.05) is 0 Å². The summed E-state index contributed by atoms with van der Waals surface area (Å²) in [5.74, 6) is 0. The molecule has 0 spiro atoms. The quantitative estimate of drug-likeness (QED) is 0.535. The third-order valence-corrected chi connectivity index (χ3v) is 1.97. The van der Waals surface area contributed by atoms with Gasteiger partial charge in [0.1, 0.15) is 0 Å². The number of hydrogen-bond acceptors (Lipinski definition) is 3. The van der Waals surface area contributed by atoms with Gasteiger partial charge in [-0.15, -0.1) is 0 Å². The molecule has 1 unspecified atom stereocenters. The number of rotatable bonds is 9. The molecule has 2 N–H and O–H groups in total. The van der Waals surface area contributed by atoms with Crippen molar-refractivity contribution < 1.29 is 9.84 Å². The number of unbranched alkanes of at least 4 members (excludes halogenated alkanes) is 2. The molecule has 0 aliphatic rings. The van der Waals surface area contributed by atoms with E-state index in [4.69, 9.17) is 4.74 Å². The SMILES string of the molecule is CCCCCNCCC(O)COC. The van der Waals surface area contributed by atoms with Crippen molar-refractivity contribution in [3.63, 3.8) is 0 Å². The molecule has 0 radical (unpaired) electrons. The maximum atomic E-state index is 9.29. The summed E-state index contributed by atoms with van der Waals surface area (Å²) in [7, 11) is 1.61. The second-order valence-electron chi connectivity index (χ2n) is 3.35. The Balaban J connectivity index is 2.97. The maximum Gasteiger partial charge on any atom is 0.0785 e. The van der Waals surface area contributed by atoms with Gasteiger partial charge in [-0.1, -0.05) is 19.8 Å². The van der Waals surface area contributed by atoms with E-state index in [-0.39, 0.29) is 6.10 Å². The molecule has 0 fully saturated rings. The predicted molar refractivity (Wildman–Crippen MR) is 54.9 cm³/mol. The first-order chi connectivity index (χ1) is 6.31. The van der Waals surface area contributed by atoms with Gasteiger partial charge in [0.05, 0.1) is 12.7 Å². The minimum absolute atomic E-state index is 0.316. The summed E-state index contributed by atoms with van der Waals surface area (Å²) in [6.07, 6.45) is 4.24. The molecule has 0 aliphatic heterocycles. The lowest BCUT2D eigenvalue weighted by Crippen LogP contribution is -2.23. The highest BCUT2D eigenvalue weighted by atomic mass is 16.5. The van der Waals surface area contributed by atoms with Crippen molar-refractivity contribution in [3.05, 3.63) is 0 Å². The van der Waals surface area contributed by atoms with Crippen LogP contribution in [0.3, 0.4) is 0 Å². The van der Waals surface area contributed by atoms with Crippen LogP contribution in [-0.2, 0) is 4.74 Å². The van der Waals surface area contributed by atoms with Crippen molar-refractivity contribution in [1.82, 2.24) is 5.32 Å². The van der Waals surface area contributed by atoms with Crippen LogP contribution in [0.5, 0.6) is 0 Å².